The summed E-state index contributed by atoms with van der Waals surface area (Å²) in [6, 6.07) is 4.67. The van der Waals surface area contributed by atoms with Gasteiger partial charge in [-0.2, -0.15) is 4.31 Å². The Hall–Kier alpha value is -0.590. The zero-order valence-corrected chi connectivity index (χ0v) is 13.3. The highest BCUT2D eigenvalue weighted by molar-refractivity contribution is 9.10. The first-order chi connectivity index (χ1) is 8.34. The van der Waals surface area contributed by atoms with E-state index in [2.05, 4.69) is 15.9 Å². The fraction of sp³-hybridized carbons (Fsp3) is 0.500. The van der Waals surface area contributed by atoms with Crippen molar-refractivity contribution in [2.75, 3.05) is 12.3 Å². The van der Waals surface area contributed by atoms with Gasteiger partial charge in [0, 0.05) is 22.7 Å². The van der Waals surface area contributed by atoms with Crippen LogP contribution in [0, 0.1) is 0 Å². The van der Waals surface area contributed by atoms with Crippen molar-refractivity contribution in [3.05, 3.63) is 22.7 Å². The van der Waals surface area contributed by atoms with Crippen molar-refractivity contribution in [1.82, 2.24) is 4.31 Å². The fourth-order valence-electron chi connectivity index (χ4n) is 1.73. The van der Waals surface area contributed by atoms with E-state index in [4.69, 9.17) is 5.73 Å². The zero-order chi connectivity index (χ0) is 13.9. The second kappa shape index (κ2) is 6.04. The van der Waals surface area contributed by atoms with Crippen molar-refractivity contribution in [2.24, 2.45) is 0 Å². The van der Waals surface area contributed by atoms with E-state index in [1.807, 2.05) is 20.8 Å². The molecule has 0 aliphatic rings. The summed E-state index contributed by atoms with van der Waals surface area (Å²) in [6.45, 7) is 6.19. The lowest BCUT2D eigenvalue weighted by atomic mass is 10.3. The molecule has 1 atom stereocenters. The molecular weight excluding hydrogens is 316 g/mol. The second-order valence-corrected chi connectivity index (χ2v) is 6.89. The summed E-state index contributed by atoms with van der Waals surface area (Å²) in [5, 5.41) is 0. The molecule has 0 saturated heterocycles. The van der Waals surface area contributed by atoms with Crippen molar-refractivity contribution in [2.45, 2.75) is 38.1 Å². The van der Waals surface area contributed by atoms with Crippen LogP contribution in [0.2, 0.25) is 0 Å². The maximum Gasteiger partial charge on any atom is 0.243 e. The van der Waals surface area contributed by atoms with Gasteiger partial charge in [-0.1, -0.05) is 13.8 Å². The maximum absolute atomic E-state index is 12.5. The molecule has 0 fully saturated rings. The number of nitrogens with zero attached hydrogens (tertiary/aromatic N) is 1. The number of nitrogens with two attached hydrogens (primary N) is 1. The van der Waals surface area contributed by atoms with Crippen LogP contribution in [0.3, 0.4) is 0 Å². The Morgan fingerprint density at radius 2 is 2.00 bits per heavy atom. The van der Waals surface area contributed by atoms with Crippen LogP contribution in [-0.4, -0.2) is 25.3 Å². The Labute approximate surface area is 117 Å². The number of anilines is 1. The van der Waals surface area contributed by atoms with Crippen LogP contribution in [0.25, 0.3) is 0 Å². The molecule has 0 aromatic heterocycles. The number of halogens is 1. The summed E-state index contributed by atoms with van der Waals surface area (Å²) < 4.78 is 27.1. The number of nitrogen functional groups attached to an aromatic ring is 1. The van der Waals surface area contributed by atoms with Crippen LogP contribution < -0.4 is 5.73 Å². The number of sulfonamides is 1. The highest BCUT2D eigenvalue weighted by Crippen LogP contribution is 2.26. The van der Waals surface area contributed by atoms with E-state index in [0.29, 0.717) is 16.7 Å². The van der Waals surface area contributed by atoms with Crippen molar-refractivity contribution in [1.29, 1.82) is 0 Å². The van der Waals surface area contributed by atoms with Gasteiger partial charge in [0.2, 0.25) is 10.0 Å². The van der Waals surface area contributed by atoms with Gasteiger partial charge in [-0.3, -0.25) is 0 Å². The lowest BCUT2D eigenvalue weighted by Crippen LogP contribution is -2.38. The van der Waals surface area contributed by atoms with Crippen LogP contribution in [0.5, 0.6) is 0 Å². The van der Waals surface area contributed by atoms with Gasteiger partial charge in [-0.15, -0.1) is 0 Å². The minimum absolute atomic E-state index is 0.0173. The van der Waals surface area contributed by atoms with Crippen LogP contribution in [0.15, 0.2) is 27.6 Å². The van der Waals surface area contributed by atoms with E-state index < -0.39 is 10.0 Å². The van der Waals surface area contributed by atoms with Crippen LogP contribution in [0.1, 0.15) is 27.2 Å². The molecule has 0 aliphatic carbocycles. The molecule has 0 spiro atoms. The second-order valence-electron chi connectivity index (χ2n) is 4.15. The first-order valence-corrected chi connectivity index (χ1v) is 8.14. The van der Waals surface area contributed by atoms with Gasteiger partial charge in [0.25, 0.3) is 0 Å². The predicted octanol–water partition coefficient (Wildman–Crippen LogP) is 2.84. The summed E-state index contributed by atoms with van der Waals surface area (Å²) in [6.07, 6.45) is 0.781. The van der Waals surface area contributed by atoms with Gasteiger partial charge in [-0.25, -0.2) is 8.42 Å². The monoisotopic (exact) mass is 334 g/mol. The molecule has 1 rings (SSSR count). The summed E-state index contributed by atoms with van der Waals surface area (Å²) in [4.78, 5) is 0.269. The third-order valence-electron chi connectivity index (χ3n) is 2.97. The molecule has 18 heavy (non-hydrogen) atoms. The Kier molecular flexibility index (Phi) is 5.19. The SMILES string of the molecule is CCC(C)N(CC)S(=O)(=O)c1ccc(N)c(Br)c1. The first-order valence-electron chi connectivity index (χ1n) is 5.91. The molecule has 0 amide bonds. The number of benzene rings is 1. The zero-order valence-electron chi connectivity index (χ0n) is 10.9. The Bertz CT molecular complexity index is 517. The third-order valence-corrected chi connectivity index (χ3v) is 5.74. The Morgan fingerprint density at radius 3 is 2.44 bits per heavy atom. The molecule has 0 saturated carbocycles. The lowest BCUT2D eigenvalue weighted by Gasteiger charge is -2.26. The van der Waals surface area contributed by atoms with Crippen LogP contribution in [0.4, 0.5) is 5.69 Å². The van der Waals surface area contributed by atoms with Crippen LogP contribution in [-0.2, 0) is 10.0 Å². The van der Waals surface area contributed by atoms with Crippen molar-refractivity contribution < 1.29 is 8.42 Å². The van der Waals surface area contributed by atoms with E-state index in [1.54, 1.807) is 18.2 Å². The molecule has 102 valence electrons. The van der Waals surface area contributed by atoms with Crippen LogP contribution >= 0.6 is 15.9 Å². The smallest absolute Gasteiger partial charge is 0.243 e. The maximum atomic E-state index is 12.5. The molecule has 0 aliphatic heterocycles. The molecule has 0 heterocycles. The minimum Gasteiger partial charge on any atom is -0.398 e. The molecule has 1 unspecified atom stereocenters. The molecule has 0 bridgehead atoms. The predicted molar refractivity (Wildman–Crippen MR) is 77.9 cm³/mol. The molecular formula is C12H19BrN2O2S. The molecule has 1 aromatic rings. The molecule has 4 nitrogen and oxygen atoms in total. The molecule has 2 N–H and O–H groups in total. The summed E-state index contributed by atoms with van der Waals surface area (Å²) in [5.41, 5.74) is 6.20. The average molecular weight is 335 g/mol. The van der Waals surface area contributed by atoms with E-state index >= 15 is 0 Å². The summed E-state index contributed by atoms with van der Waals surface area (Å²) in [7, 11) is -3.45. The number of hydrogen-bond acceptors (Lipinski definition) is 3. The molecule has 0 radical (unpaired) electrons. The number of rotatable bonds is 5. The normalized spacial score (nSPS) is 13.8. The summed E-state index contributed by atoms with van der Waals surface area (Å²) in [5.74, 6) is 0. The molecule has 1 aromatic carbocycles. The average Bonchev–Trinajstić information content (AvgIpc) is 2.32. The number of hydrogen-bond donors (Lipinski definition) is 1. The van der Waals surface area contributed by atoms with Gasteiger partial charge in [0.05, 0.1) is 4.90 Å². The Morgan fingerprint density at radius 1 is 1.39 bits per heavy atom. The van der Waals surface area contributed by atoms with Crippen molar-refractivity contribution in [3.8, 4) is 0 Å². The van der Waals surface area contributed by atoms with Gasteiger partial charge in [0.15, 0.2) is 0 Å². The standard InChI is InChI=1S/C12H19BrN2O2S/c1-4-9(3)15(5-2)18(16,17)10-6-7-12(14)11(13)8-10/h6-9H,4-5,14H2,1-3H3. The van der Waals surface area contributed by atoms with Gasteiger partial charge in [0.1, 0.15) is 0 Å². The fourth-order valence-corrected chi connectivity index (χ4v) is 4.00. The van der Waals surface area contributed by atoms with Crippen molar-refractivity contribution in [3.63, 3.8) is 0 Å². The van der Waals surface area contributed by atoms with E-state index in [-0.39, 0.29) is 10.9 Å². The topological polar surface area (TPSA) is 63.4 Å². The van der Waals surface area contributed by atoms with E-state index in [0.717, 1.165) is 6.42 Å². The van der Waals surface area contributed by atoms with Crippen molar-refractivity contribution >= 4 is 31.6 Å². The highest BCUT2D eigenvalue weighted by Gasteiger charge is 2.27. The molecule has 6 heteroatoms. The largest absolute Gasteiger partial charge is 0.398 e. The highest BCUT2D eigenvalue weighted by atomic mass is 79.9. The van der Waals surface area contributed by atoms with E-state index in [1.165, 1.54) is 4.31 Å². The Balaban J connectivity index is 3.23. The lowest BCUT2D eigenvalue weighted by molar-refractivity contribution is 0.342. The minimum atomic E-state index is -3.45. The van der Waals surface area contributed by atoms with Gasteiger partial charge >= 0.3 is 0 Å². The summed E-state index contributed by atoms with van der Waals surface area (Å²) >= 11 is 3.26. The first kappa shape index (κ1) is 15.5. The third kappa shape index (κ3) is 3.05. The van der Waals surface area contributed by atoms with Gasteiger partial charge < -0.3 is 5.73 Å². The van der Waals surface area contributed by atoms with E-state index in [9.17, 15) is 8.42 Å². The van der Waals surface area contributed by atoms with Gasteiger partial charge in [-0.05, 0) is 47.5 Å². The quantitative estimate of drug-likeness (QED) is 0.842.